The van der Waals surface area contributed by atoms with Crippen molar-refractivity contribution in [1.29, 1.82) is 0 Å². The van der Waals surface area contributed by atoms with Crippen molar-refractivity contribution >= 4 is 17.6 Å². The van der Waals surface area contributed by atoms with Crippen LogP contribution in [0.5, 0.6) is 0 Å². The van der Waals surface area contributed by atoms with Gasteiger partial charge in [0, 0.05) is 18.8 Å². The highest BCUT2D eigenvalue weighted by molar-refractivity contribution is 6.21. The third-order valence-corrected chi connectivity index (χ3v) is 3.56. The first-order chi connectivity index (χ1) is 6.72. The van der Waals surface area contributed by atoms with E-state index in [1.54, 1.807) is 0 Å². The van der Waals surface area contributed by atoms with E-state index in [0.29, 0.717) is 18.5 Å². The minimum absolute atomic E-state index is 0.0212. The highest BCUT2D eigenvalue weighted by Crippen LogP contribution is 2.30. The number of ether oxygens (including phenoxy) is 1. The fraction of sp³-hybridized carbons (Fsp3) is 0.889. The lowest BCUT2D eigenvalue weighted by atomic mass is 9.83. The predicted molar refractivity (Wildman–Crippen MR) is 53.1 cm³/mol. The molecule has 4 atom stereocenters. The normalized spacial score (nSPS) is 41.9. The van der Waals surface area contributed by atoms with Crippen molar-refractivity contribution in [3.8, 4) is 0 Å². The molecule has 4 nitrogen and oxygen atoms in total. The fourth-order valence-electron chi connectivity index (χ4n) is 2.37. The van der Waals surface area contributed by atoms with Gasteiger partial charge in [0.2, 0.25) is 0 Å². The number of nitrogens with one attached hydrogen (secondary N) is 2. The summed E-state index contributed by atoms with van der Waals surface area (Å²) >= 11 is 6.20. The summed E-state index contributed by atoms with van der Waals surface area (Å²) in [5.41, 5.74) is 0. The van der Waals surface area contributed by atoms with E-state index < -0.39 is 0 Å². The summed E-state index contributed by atoms with van der Waals surface area (Å²) in [4.78, 5) is 11.4. The molecule has 0 spiro atoms. The van der Waals surface area contributed by atoms with Crippen molar-refractivity contribution in [2.24, 2.45) is 5.92 Å². The second kappa shape index (κ2) is 4.04. The van der Waals surface area contributed by atoms with Gasteiger partial charge < -0.3 is 10.1 Å². The standard InChI is InChI=1S/C9H15ClN2O2/c1-14-9(13)5-2-6(10)8-7(3-5)11-4-12-8/h5-8,11-12H,2-4H2,1H3. The first-order valence-corrected chi connectivity index (χ1v) is 5.34. The molecule has 0 amide bonds. The molecule has 0 aromatic carbocycles. The first-order valence-electron chi connectivity index (χ1n) is 4.91. The van der Waals surface area contributed by atoms with Gasteiger partial charge in [0.25, 0.3) is 0 Å². The molecule has 5 heteroatoms. The van der Waals surface area contributed by atoms with E-state index in [1.165, 1.54) is 7.11 Å². The Morgan fingerprint density at radius 2 is 2.21 bits per heavy atom. The predicted octanol–water partition coefficient (Wildman–Crippen LogP) is 0.0643. The molecule has 0 aromatic heterocycles. The summed E-state index contributed by atoms with van der Waals surface area (Å²) in [6, 6.07) is 0.618. The second-order valence-electron chi connectivity index (χ2n) is 3.92. The summed E-state index contributed by atoms with van der Waals surface area (Å²) < 4.78 is 4.74. The molecule has 80 valence electrons. The van der Waals surface area contributed by atoms with E-state index in [2.05, 4.69) is 10.6 Å². The van der Waals surface area contributed by atoms with Crippen LogP contribution in [0.3, 0.4) is 0 Å². The number of esters is 1. The van der Waals surface area contributed by atoms with Gasteiger partial charge in [-0.25, -0.2) is 0 Å². The van der Waals surface area contributed by atoms with Crippen molar-refractivity contribution in [3.63, 3.8) is 0 Å². The Hall–Kier alpha value is -0.320. The van der Waals surface area contributed by atoms with Crippen LogP contribution in [0.2, 0.25) is 0 Å². The smallest absolute Gasteiger partial charge is 0.308 e. The Morgan fingerprint density at radius 3 is 2.93 bits per heavy atom. The summed E-state index contributed by atoms with van der Waals surface area (Å²) in [5, 5.41) is 6.61. The summed E-state index contributed by atoms with van der Waals surface area (Å²) in [5.74, 6) is -0.182. The quantitative estimate of drug-likeness (QED) is 0.483. The van der Waals surface area contributed by atoms with Gasteiger partial charge in [-0.15, -0.1) is 11.6 Å². The molecule has 2 fully saturated rings. The number of hydrogen-bond acceptors (Lipinski definition) is 4. The van der Waals surface area contributed by atoms with Gasteiger partial charge in [-0.2, -0.15) is 0 Å². The highest BCUT2D eigenvalue weighted by Gasteiger charge is 2.41. The van der Waals surface area contributed by atoms with E-state index >= 15 is 0 Å². The third kappa shape index (κ3) is 1.74. The monoisotopic (exact) mass is 218 g/mol. The zero-order valence-electron chi connectivity index (χ0n) is 8.13. The van der Waals surface area contributed by atoms with Gasteiger partial charge in [0.05, 0.1) is 18.4 Å². The molecule has 1 heterocycles. The van der Waals surface area contributed by atoms with Crippen LogP contribution < -0.4 is 10.6 Å². The number of hydrogen-bond donors (Lipinski definition) is 2. The van der Waals surface area contributed by atoms with E-state index in [9.17, 15) is 4.79 Å². The van der Waals surface area contributed by atoms with Crippen LogP contribution in [0.15, 0.2) is 0 Å². The molecule has 4 unspecified atom stereocenters. The van der Waals surface area contributed by atoms with Crippen molar-refractivity contribution in [2.75, 3.05) is 13.8 Å². The Kier molecular flexibility index (Phi) is 2.95. The Bertz CT molecular complexity index is 237. The zero-order chi connectivity index (χ0) is 10.1. The molecular formula is C9H15ClN2O2. The molecule has 1 aliphatic heterocycles. The maximum atomic E-state index is 11.4. The second-order valence-corrected chi connectivity index (χ2v) is 4.49. The van der Waals surface area contributed by atoms with Gasteiger partial charge in [-0.1, -0.05) is 0 Å². The van der Waals surface area contributed by atoms with Crippen LogP contribution in [-0.4, -0.2) is 37.2 Å². The van der Waals surface area contributed by atoms with Crippen LogP contribution >= 0.6 is 11.6 Å². The number of methoxy groups -OCH3 is 1. The van der Waals surface area contributed by atoms with Crippen molar-refractivity contribution in [2.45, 2.75) is 30.3 Å². The van der Waals surface area contributed by atoms with Crippen molar-refractivity contribution < 1.29 is 9.53 Å². The summed E-state index contributed by atoms with van der Waals surface area (Å²) in [6.45, 7) is 0.784. The number of carbonyl (C=O) groups excluding carboxylic acids is 1. The minimum atomic E-state index is -0.136. The zero-order valence-corrected chi connectivity index (χ0v) is 8.88. The number of fused-ring (bicyclic) bond motifs is 1. The van der Waals surface area contributed by atoms with E-state index in [-0.39, 0.29) is 17.3 Å². The third-order valence-electron chi connectivity index (χ3n) is 3.11. The molecule has 2 rings (SSSR count). The maximum absolute atomic E-state index is 11.4. The number of alkyl halides is 1. The Balaban J connectivity index is 2.02. The maximum Gasteiger partial charge on any atom is 0.308 e. The molecule has 2 N–H and O–H groups in total. The van der Waals surface area contributed by atoms with Crippen LogP contribution in [0, 0.1) is 5.92 Å². The van der Waals surface area contributed by atoms with Crippen LogP contribution in [0.1, 0.15) is 12.8 Å². The lowest BCUT2D eigenvalue weighted by Crippen LogP contribution is -2.48. The van der Waals surface area contributed by atoms with Crippen LogP contribution in [0.25, 0.3) is 0 Å². The summed E-state index contributed by atoms with van der Waals surface area (Å²) in [7, 11) is 1.43. The lowest BCUT2D eigenvalue weighted by molar-refractivity contribution is -0.146. The van der Waals surface area contributed by atoms with E-state index in [4.69, 9.17) is 16.3 Å². The fourth-order valence-corrected chi connectivity index (χ4v) is 2.85. The van der Waals surface area contributed by atoms with E-state index in [0.717, 1.165) is 13.1 Å². The van der Waals surface area contributed by atoms with Gasteiger partial charge in [0.15, 0.2) is 0 Å². The van der Waals surface area contributed by atoms with Crippen molar-refractivity contribution in [1.82, 2.24) is 10.6 Å². The molecule has 14 heavy (non-hydrogen) atoms. The Morgan fingerprint density at radius 1 is 1.43 bits per heavy atom. The van der Waals surface area contributed by atoms with Crippen LogP contribution in [-0.2, 0) is 9.53 Å². The minimum Gasteiger partial charge on any atom is -0.469 e. The van der Waals surface area contributed by atoms with Gasteiger partial charge in [-0.3, -0.25) is 10.1 Å². The molecule has 0 bridgehead atoms. The Labute approximate surface area is 88.3 Å². The molecule has 0 aromatic rings. The SMILES string of the molecule is COC(=O)C1CC(Cl)C2NCNC2C1. The average Bonchev–Trinajstić information content (AvgIpc) is 2.64. The van der Waals surface area contributed by atoms with Crippen molar-refractivity contribution in [3.05, 3.63) is 0 Å². The molecule has 1 saturated carbocycles. The van der Waals surface area contributed by atoms with Gasteiger partial charge >= 0.3 is 5.97 Å². The van der Waals surface area contributed by atoms with E-state index in [1.807, 2.05) is 0 Å². The highest BCUT2D eigenvalue weighted by atomic mass is 35.5. The molecule has 2 aliphatic rings. The largest absolute Gasteiger partial charge is 0.469 e. The summed E-state index contributed by atoms with van der Waals surface area (Å²) in [6.07, 6.45) is 1.54. The van der Waals surface area contributed by atoms with Crippen LogP contribution in [0.4, 0.5) is 0 Å². The molecule has 1 saturated heterocycles. The number of rotatable bonds is 1. The first kappa shape index (κ1) is 10.2. The number of halogens is 1. The molecule has 0 radical (unpaired) electrons. The number of carbonyl (C=O) groups is 1. The average molecular weight is 219 g/mol. The molecular weight excluding hydrogens is 204 g/mol. The van der Waals surface area contributed by atoms with Gasteiger partial charge in [-0.05, 0) is 12.8 Å². The van der Waals surface area contributed by atoms with Gasteiger partial charge in [0.1, 0.15) is 0 Å². The lowest BCUT2D eigenvalue weighted by Gasteiger charge is -2.33. The molecule has 1 aliphatic carbocycles. The topological polar surface area (TPSA) is 50.4 Å².